The first kappa shape index (κ1) is 15.9. The number of aromatic nitrogens is 1. The van der Waals surface area contributed by atoms with Crippen LogP contribution in [0.3, 0.4) is 0 Å². The van der Waals surface area contributed by atoms with Gasteiger partial charge < -0.3 is 10.6 Å². The monoisotopic (exact) mass is 353 g/mol. The molecular weight excluding hydrogens is 334 g/mol. The summed E-state index contributed by atoms with van der Waals surface area (Å²) in [6.45, 7) is 2.12. The molecule has 2 heterocycles. The van der Waals surface area contributed by atoms with Crippen molar-refractivity contribution in [3.8, 4) is 0 Å². The highest BCUT2D eigenvalue weighted by molar-refractivity contribution is 9.10. The molecule has 0 radical (unpaired) electrons. The maximum Gasteiger partial charge on any atom is 0.243 e. The zero-order chi connectivity index (χ0) is 15.5. The molecule has 1 fully saturated rings. The number of primary amides is 1. The zero-order valence-electron chi connectivity index (χ0n) is 12.1. The minimum absolute atomic E-state index is 0.0770. The molecular formula is C15H20BrN3O2. The first-order chi connectivity index (χ1) is 9.95. The summed E-state index contributed by atoms with van der Waals surface area (Å²) in [5.41, 5.74) is 5.77. The van der Waals surface area contributed by atoms with Gasteiger partial charge in [-0.05, 0) is 60.2 Å². The van der Waals surface area contributed by atoms with E-state index in [2.05, 4.69) is 20.9 Å². The van der Waals surface area contributed by atoms with Gasteiger partial charge in [-0.25, -0.2) is 4.98 Å². The molecule has 1 aromatic heterocycles. The van der Waals surface area contributed by atoms with E-state index in [0.29, 0.717) is 19.4 Å². The normalized spacial score (nSPS) is 21.5. The summed E-state index contributed by atoms with van der Waals surface area (Å²) in [6, 6.07) is 5.77. The number of aryl methyl sites for hydroxylation is 1. The van der Waals surface area contributed by atoms with Crippen molar-refractivity contribution in [2.45, 2.75) is 44.6 Å². The summed E-state index contributed by atoms with van der Waals surface area (Å²) >= 11 is 3.34. The van der Waals surface area contributed by atoms with Crippen molar-refractivity contribution in [3.63, 3.8) is 0 Å². The standard InChI is InChI=1S/C15H20BrN3O2/c1-11(20)19-10-4-9-15(19,14(17)21)8-3-6-12-5-2-7-13(16)18-12/h2,5,7H,3-4,6,8-10H2,1H3,(H2,17,21). The van der Waals surface area contributed by atoms with E-state index in [1.165, 1.54) is 6.92 Å². The number of hydrogen-bond acceptors (Lipinski definition) is 3. The predicted octanol–water partition coefficient (Wildman–Crippen LogP) is 2.03. The van der Waals surface area contributed by atoms with Crippen LogP contribution < -0.4 is 5.73 Å². The highest BCUT2D eigenvalue weighted by Gasteiger charge is 2.46. The molecule has 1 saturated heterocycles. The summed E-state index contributed by atoms with van der Waals surface area (Å²) in [5, 5.41) is 0. The van der Waals surface area contributed by atoms with Crippen LogP contribution in [-0.2, 0) is 16.0 Å². The minimum Gasteiger partial charge on any atom is -0.368 e. The number of carbonyl (C=O) groups excluding carboxylic acids is 2. The van der Waals surface area contributed by atoms with Gasteiger partial charge in [-0.3, -0.25) is 9.59 Å². The van der Waals surface area contributed by atoms with Crippen LogP contribution in [0.15, 0.2) is 22.8 Å². The van der Waals surface area contributed by atoms with Crippen molar-refractivity contribution in [1.29, 1.82) is 0 Å². The first-order valence-corrected chi connectivity index (χ1v) is 7.94. The largest absolute Gasteiger partial charge is 0.368 e. The number of nitrogens with zero attached hydrogens (tertiary/aromatic N) is 2. The zero-order valence-corrected chi connectivity index (χ0v) is 13.7. The lowest BCUT2D eigenvalue weighted by atomic mass is 9.88. The van der Waals surface area contributed by atoms with Gasteiger partial charge >= 0.3 is 0 Å². The second-order valence-corrected chi connectivity index (χ2v) is 6.29. The Morgan fingerprint density at radius 3 is 2.86 bits per heavy atom. The molecule has 2 rings (SSSR count). The Balaban J connectivity index is 2.04. The molecule has 0 aromatic carbocycles. The Kier molecular flexibility index (Phi) is 4.98. The van der Waals surface area contributed by atoms with Crippen LogP contribution in [0.2, 0.25) is 0 Å². The molecule has 2 amide bonds. The third kappa shape index (κ3) is 3.43. The summed E-state index contributed by atoms with van der Waals surface area (Å²) in [4.78, 5) is 29.7. The lowest BCUT2D eigenvalue weighted by Gasteiger charge is -2.35. The molecule has 1 aliphatic heterocycles. The number of carbonyl (C=O) groups is 2. The summed E-state index contributed by atoms with van der Waals surface area (Å²) in [7, 11) is 0. The van der Waals surface area contributed by atoms with E-state index in [4.69, 9.17) is 5.73 Å². The number of likely N-dealkylation sites (tertiary alicyclic amines) is 1. The molecule has 114 valence electrons. The van der Waals surface area contributed by atoms with Gasteiger partial charge in [0, 0.05) is 19.2 Å². The van der Waals surface area contributed by atoms with Crippen LogP contribution in [-0.4, -0.2) is 33.8 Å². The van der Waals surface area contributed by atoms with Gasteiger partial charge in [0.2, 0.25) is 11.8 Å². The van der Waals surface area contributed by atoms with Gasteiger partial charge in [-0.2, -0.15) is 0 Å². The molecule has 0 saturated carbocycles. The average Bonchev–Trinajstić information content (AvgIpc) is 2.84. The van der Waals surface area contributed by atoms with Crippen LogP contribution >= 0.6 is 15.9 Å². The lowest BCUT2D eigenvalue weighted by Crippen LogP contribution is -2.55. The fraction of sp³-hybridized carbons (Fsp3) is 0.533. The van der Waals surface area contributed by atoms with Crippen molar-refractivity contribution < 1.29 is 9.59 Å². The van der Waals surface area contributed by atoms with Crippen LogP contribution in [0.5, 0.6) is 0 Å². The van der Waals surface area contributed by atoms with Crippen molar-refractivity contribution in [3.05, 3.63) is 28.5 Å². The third-order valence-electron chi connectivity index (χ3n) is 4.12. The molecule has 5 nitrogen and oxygen atoms in total. The van der Waals surface area contributed by atoms with Crippen molar-refractivity contribution >= 4 is 27.7 Å². The maximum atomic E-state index is 11.9. The van der Waals surface area contributed by atoms with Gasteiger partial charge in [0.25, 0.3) is 0 Å². The van der Waals surface area contributed by atoms with Crippen LogP contribution in [0.1, 0.15) is 38.3 Å². The smallest absolute Gasteiger partial charge is 0.243 e. The highest BCUT2D eigenvalue weighted by Crippen LogP contribution is 2.34. The highest BCUT2D eigenvalue weighted by atomic mass is 79.9. The number of rotatable bonds is 5. The van der Waals surface area contributed by atoms with E-state index in [1.54, 1.807) is 4.90 Å². The maximum absolute atomic E-state index is 11.9. The Morgan fingerprint density at radius 2 is 2.24 bits per heavy atom. The number of pyridine rings is 1. The van der Waals surface area contributed by atoms with Gasteiger partial charge in [0.1, 0.15) is 10.1 Å². The van der Waals surface area contributed by atoms with Crippen LogP contribution in [0.25, 0.3) is 0 Å². The average molecular weight is 354 g/mol. The molecule has 1 atom stereocenters. The number of nitrogens with two attached hydrogens (primary N) is 1. The Labute approximate surface area is 133 Å². The quantitative estimate of drug-likeness (QED) is 0.822. The number of hydrogen-bond donors (Lipinski definition) is 1. The van der Waals surface area contributed by atoms with Gasteiger partial charge in [0.05, 0.1) is 0 Å². The Hall–Kier alpha value is -1.43. The van der Waals surface area contributed by atoms with Crippen LogP contribution in [0.4, 0.5) is 0 Å². The molecule has 1 aliphatic rings. The van der Waals surface area contributed by atoms with Gasteiger partial charge in [-0.15, -0.1) is 0 Å². The summed E-state index contributed by atoms with van der Waals surface area (Å²) in [5.74, 6) is -0.468. The number of amides is 2. The SMILES string of the molecule is CC(=O)N1CCCC1(CCCc1cccc(Br)n1)C(N)=O. The van der Waals surface area contributed by atoms with Crippen molar-refractivity contribution in [1.82, 2.24) is 9.88 Å². The van der Waals surface area contributed by atoms with E-state index >= 15 is 0 Å². The molecule has 0 bridgehead atoms. The van der Waals surface area contributed by atoms with E-state index < -0.39 is 11.4 Å². The fourth-order valence-corrected chi connectivity index (χ4v) is 3.51. The topological polar surface area (TPSA) is 76.3 Å². The Bertz CT molecular complexity index is 549. The van der Waals surface area contributed by atoms with Crippen molar-refractivity contribution in [2.24, 2.45) is 5.73 Å². The predicted molar refractivity (Wildman–Crippen MR) is 83.4 cm³/mol. The lowest BCUT2D eigenvalue weighted by molar-refractivity contribution is -0.142. The van der Waals surface area contributed by atoms with E-state index in [1.807, 2.05) is 18.2 Å². The van der Waals surface area contributed by atoms with E-state index in [0.717, 1.165) is 29.6 Å². The summed E-state index contributed by atoms with van der Waals surface area (Å²) in [6.07, 6.45) is 3.62. The molecule has 1 unspecified atom stereocenters. The second-order valence-electron chi connectivity index (χ2n) is 5.48. The van der Waals surface area contributed by atoms with Gasteiger partial charge in [0.15, 0.2) is 0 Å². The molecule has 21 heavy (non-hydrogen) atoms. The van der Waals surface area contributed by atoms with E-state index in [9.17, 15) is 9.59 Å². The number of halogens is 1. The molecule has 6 heteroatoms. The van der Waals surface area contributed by atoms with Crippen molar-refractivity contribution in [2.75, 3.05) is 6.54 Å². The third-order valence-corrected chi connectivity index (χ3v) is 4.57. The summed E-state index contributed by atoms with van der Waals surface area (Å²) < 4.78 is 0.802. The Morgan fingerprint density at radius 1 is 1.48 bits per heavy atom. The fourth-order valence-electron chi connectivity index (χ4n) is 3.13. The van der Waals surface area contributed by atoms with Crippen LogP contribution in [0, 0.1) is 0 Å². The minimum atomic E-state index is -0.808. The first-order valence-electron chi connectivity index (χ1n) is 7.15. The molecule has 0 spiro atoms. The second kappa shape index (κ2) is 6.56. The van der Waals surface area contributed by atoms with E-state index in [-0.39, 0.29) is 5.91 Å². The molecule has 0 aliphatic carbocycles. The molecule has 1 aromatic rings. The molecule has 2 N–H and O–H groups in total. The van der Waals surface area contributed by atoms with Gasteiger partial charge in [-0.1, -0.05) is 6.07 Å².